The van der Waals surface area contributed by atoms with Crippen LogP contribution >= 0.6 is 0 Å². The first kappa shape index (κ1) is 13.7. The van der Waals surface area contributed by atoms with Crippen molar-refractivity contribution in [3.63, 3.8) is 0 Å². The first-order valence-corrected chi connectivity index (χ1v) is 7.41. The third-order valence-corrected chi connectivity index (χ3v) is 4.87. The Balaban J connectivity index is 1.63. The van der Waals surface area contributed by atoms with Crippen LogP contribution in [0.15, 0.2) is 18.2 Å². The van der Waals surface area contributed by atoms with E-state index in [9.17, 15) is 0 Å². The molecule has 3 rings (SSSR count). The van der Waals surface area contributed by atoms with E-state index in [0.29, 0.717) is 18.4 Å². The minimum absolute atomic E-state index is 0.321. The third kappa shape index (κ3) is 2.38. The number of nitrogens with one attached hydrogen (secondary N) is 1. The van der Waals surface area contributed by atoms with Crippen molar-refractivity contribution in [1.29, 1.82) is 0 Å². The first-order valence-electron chi connectivity index (χ1n) is 7.41. The van der Waals surface area contributed by atoms with Crippen LogP contribution in [0.5, 0.6) is 11.5 Å². The Hall–Kier alpha value is -1.26. The topological polar surface area (TPSA) is 33.7 Å². The molecule has 1 aromatic carbocycles. The fraction of sp³-hybridized carbons (Fsp3) is 0.625. The van der Waals surface area contributed by atoms with Crippen LogP contribution < -0.4 is 14.8 Å². The fourth-order valence-electron chi connectivity index (χ4n) is 3.01. The molecule has 1 heterocycles. The van der Waals surface area contributed by atoms with Gasteiger partial charge < -0.3 is 19.7 Å². The molecular weight excluding hydrogens is 252 g/mol. The van der Waals surface area contributed by atoms with Gasteiger partial charge in [-0.3, -0.25) is 0 Å². The minimum Gasteiger partial charge on any atom is -0.454 e. The van der Waals surface area contributed by atoms with Gasteiger partial charge in [-0.15, -0.1) is 0 Å². The van der Waals surface area contributed by atoms with Gasteiger partial charge in [0.05, 0.1) is 0 Å². The molecule has 0 radical (unpaired) electrons. The van der Waals surface area contributed by atoms with Crippen LogP contribution in [0.1, 0.15) is 37.8 Å². The molecule has 1 N–H and O–H groups in total. The zero-order chi connectivity index (χ0) is 14.2. The summed E-state index contributed by atoms with van der Waals surface area (Å²) in [4.78, 5) is 2.37. The lowest BCUT2D eigenvalue weighted by Gasteiger charge is -2.48. The second kappa shape index (κ2) is 5.26. The molecule has 0 saturated heterocycles. The Morgan fingerprint density at radius 1 is 1.25 bits per heavy atom. The van der Waals surface area contributed by atoms with Crippen LogP contribution in [-0.2, 0) is 0 Å². The number of benzene rings is 1. The lowest BCUT2D eigenvalue weighted by Crippen LogP contribution is -2.56. The van der Waals surface area contributed by atoms with Gasteiger partial charge in [0.15, 0.2) is 11.5 Å². The summed E-state index contributed by atoms with van der Waals surface area (Å²) in [7, 11) is 4.37. The van der Waals surface area contributed by atoms with Crippen LogP contribution in [0.4, 0.5) is 0 Å². The minimum atomic E-state index is 0.321. The molecule has 0 amide bonds. The molecule has 1 unspecified atom stereocenters. The summed E-state index contributed by atoms with van der Waals surface area (Å²) in [6.45, 7) is 3.58. The van der Waals surface area contributed by atoms with Crippen molar-refractivity contribution in [2.45, 2.75) is 37.8 Å². The summed E-state index contributed by atoms with van der Waals surface area (Å²) < 4.78 is 10.8. The molecule has 1 saturated carbocycles. The van der Waals surface area contributed by atoms with Crippen LogP contribution in [0.25, 0.3) is 0 Å². The van der Waals surface area contributed by atoms with Crippen LogP contribution in [0.2, 0.25) is 0 Å². The second-order valence-corrected chi connectivity index (χ2v) is 6.19. The van der Waals surface area contributed by atoms with Gasteiger partial charge in [0.1, 0.15) is 0 Å². The number of hydrogen-bond donors (Lipinski definition) is 1. The fourth-order valence-corrected chi connectivity index (χ4v) is 3.01. The van der Waals surface area contributed by atoms with E-state index in [0.717, 1.165) is 18.0 Å². The lowest BCUT2D eigenvalue weighted by molar-refractivity contribution is 0.0576. The molecule has 1 aromatic rings. The highest BCUT2D eigenvalue weighted by Crippen LogP contribution is 2.37. The standard InChI is InChI=1S/C16H24N2O2/c1-12(17-10-16(18(2)3)7-4-8-16)13-5-6-14-15(9-13)20-11-19-14/h5-6,9,12,17H,4,7-8,10-11H2,1-3H3. The van der Waals surface area contributed by atoms with E-state index in [1.54, 1.807) is 0 Å². The Labute approximate surface area is 121 Å². The van der Waals surface area contributed by atoms with E-state index in [4.69, 9.17) is 9.47 Å². The largest absolute Gasteiger partial charge is 0.454 e. The average Bonchev–Trinajstić information content (AvgIpc) is 2.83. The molecule has 1 atom stereocenters. The van der Waals surface area contributed by atoms with E-state index < -0.39 is 0 Å². The molecule has 20 heavy (non-hydrogen) atoms. The number of likely N-dealkylation sites (N-methyl/N-ethyl adjacent to an activating group) is 1. The number of fused-ring (bicyclic) bond motifs is 1. The zero-order valence-electron chi connectivity index (χ0n) is 12.6. The predicted molar refractivity (Wildman–Crippen MR) is 79.3 cm³/mol. The monoisotopic (exact) mass is 276 g/mol. The van der Waals surface area contributed by atoms with Crippen molar-refractivity contribution in [1.82, 2.24) is 10.2 Å². The van der Waals surface area contributed by atoms with Crippen LogP contribution in [-0.4, -0.2) is 37.9 Å². The molecule has 2 aliphatic rings. The molecule has 110 valence electrons. The smallest absolute Gasteiger partial charge is 0.231 e. The van der Waals surface area contributed by atoms with E-state index >= 15 is 0 Å². The van der Waals surface area contributed by atoms with E-state index in [2.05, 4.69) is 43.4 Å². The Morgan fingerprint density at radius 2 is 2.00 bits per heavy atom. The highest BCUT2D eigenvalue weighted by Gasteiger charge is 2.38. The number of rotatable bonds is 5. The second-order valence-electron chi connectivity index (χ2n) is 6.19. The van der Waals surface area contributed by atoms with Gasteiger partial charge in [0.25, 0.3) is 0 Å². The Kier molecular flexibility index (Phi) is 3.61. The molecule has 0 aromatic heterocycles. The van der Waals surface area contributed by atoms with Gasteiger partial charge in [-0.05, 0) is 58.0 Å². The number of hydrogen-bond acceptors (Lipinski definition) is 4. The quantitative estimate of drug-likeness (QED) is 0.896. The van der Waals surface area contributed by atoms with Crippen LogP contribution in [0, 0.1) is 0 Å². The molecule has 1 aliphatic carbocycles. The highest BCUT2D eigenvalue weighted by molar-refractivity contribution is 5.45. The normalized spacial score (nSPS) is 20.8. The van der Waals surface area contributed by atoms with Crippen molar-refractivity contribution >= 4 is 0 Å². The summed E-state index contributed by atoms with van der Waals surface area (Å²) in [5.41, 5.74) is 1.60. The zero-order valence-corrected chi connectivity index (χ0v) is 12.6. The molecule has 0 bridgehead atoms. The maximum absolute atomic E-state index is 5.45. The van der Waals surface area contributed by atoms with Crippen molar-refractivity contribution in [3.8, 4) is 11.5 Å². The van der Waals surface area contributed by atoms with Gasteiger partial charge in [0.2, 0.25) is 6.79 Å². The van der Waals surface area contributed by atoms with E-state index in [1.165, 1.54) is 24.8 Å². The van der Waals surface area contributed by atoms with Gasteiger partial charge in [-0.25, -0.2) is 0 Å². The number of ether oxygens (including phenoxy) is 2. The lowest BCUT2D eigenvalue weighted by atomic mass is 9.75. The summed E-state index contributed by atoms with van der Waals surface area (Å²) in [6.07, 6.45) is 3.93. The molecule has 1 aliphatic heterocycles. The Bertz CT molecular complexity index is 483. The summed E-state index contributed by atoms with van der Waals surface area (Å²) in [5, 5.41) is 3.68. The summed E-state index contributed by atoms with van der Waals surface area (Å²) in [5.74, 6) is 1.71. The number of nitrogens with zero attached hydrogens (tertiary/aromatic N) is 1. The van der Waals surface area contributed by atoms with Gasteiger partial charge >= 0.3 is 0 Å². The molecule has 4 heteroatoms. The van der Waals surface area contributed by atoms with Crippen molar-refractivity contribution < 1.29 is 9.47 Å². The maximum atomic E-state index is 5.45. The SMILES string of the molecule is CC(NCC1(N(C)C)CCC1)c1ccc2c(c1)OCO2. The predicted octanol–water partition coefficient (Wildman–Crippen LogP) is 2.55. The average molecular weight is 276 g/mol. The summed E-state index contributed by atoms with van der Waals surface area (Å²) >= 11 is 0. The van der Waals surface area contributed by atoms with Crippen LogP contribution in [0.3, 0.4) is 0 Å². The van der Waals surface area contributed by atoms with Gasteiger partial charge in [-0.1, -0.05) is 6.07 Å². The van der Waals surface area contributed by atoms with E-state index in [-0.39, 0.29) is 0 Å². The van der Waals surface area contributed by atoms with Crippen molar-refractivity contribution in [2.75, 3.05) is 27.4 Å². The Morgan fingerprint density at radius 3 is 2.65 bits per heavy atom. The third-order valence-electron chi connectivity index (χ3n) is 4.87. The summed E-state index contributed by atoms with van der Waals surface area (Å²) in [6, 6.07) is 6.53. The molecule has 0 spiro atoms. The molecule has 1 fully saturated rings. The van der Waals surface area contributed by atoms with Crippen molar-refractivity contribution in [2.24, 2.45) is 0 Å². The highest BCUT2D eigenvalue weighted by atomic mass is 16.7. The van der Waals surface area contributed by atoms with Gasteiger partial charge in [-0.2, -0.15) is 0 Å². The first-order chi connectivity index (χ1) is 9.61. The van der Waals surface area contributed by atoms with Crippen molar-refractivity contribution in [3.05, 3.63) is 23.8 Å². The molecular formula is C16H24N2O2. The van der Waals surface area contributed by atoms with Gasteiger partial charge in [0, 0.05) is 18.1 Å². The van der Waals surface area contributed by atoms with E-state index in [1.807, 2.05) is 6.07 Å². The maximum Gasteiger partial charge on any atom is 0.231 e. The molecule has 4 nitrogen and oxygen atoms in total.